The van der Waals surface area contributed by atoms with Crippen molar-refractivity contribution < 1.29 is 14.9 Å². The Bertz CT molecular complexity index is 291. The van der Waals surface area contributed by atoms with Gasteiger partial charge in [0.25, 0.3) is 0 Å². The maximum absolute atomic E-state index is 8.82. The first kappa shape index (κ1) is 12.0. The van der Waals surface area contributed by atoms with Crippen molar-refractivity contribution >= 4 is 0 Å². The van der Waals surface area contributed by atoms with Gasteiger partial charge >= 0.3 is 0 Å². The molecule has 0 heterocycles. The molecule has 1 rings (SSSR count). The summed E-state index contributed by atoms with van der Waals surface area (Å²) in [5.41, 5.74) is 6.64. The predicted molar refractivity (Wildman–Crippen MR) is 57.8 cm³/mol. The molecule has 0 aliphatic carbocycles. The van der Waals surface area contributed by atoms with Gasteiger partial charge in [-0.25, -0.2) is 0 Å². The quantitative estimate of drug-likeness (QED) is 0.615. The molecule has 0 fully saturated rings. The van der Waals surface area contributed by atoms with Gasteiger partial charge in [0.15, 0.2) is 0 Å². The monoisotopic (exact) mass is 211 g/mol. The summed E-state index contributed by atoms with van der Waals surface area (Å²) < 4.78 is 5.26. The molecule has 0 saturated heterocycles. The van der Waals surface area contributed by atoms with E-state index in [1.54, 1.807) is 0 Å². The molecule has 1 aromatic carbocycles. The normalized spacial score (nSPS) is 12.5. The zero-order valence-electron chi connectivity index (χ0n) is 8.60. The van der Waals surface area contributed by atoms with Crippen molar-refractivity contribution in [1.82, 2.24) is 0 Å². The van der Waals surface area contributed by atoms with Gasteiger partial charge in [0.2, 0.25) is 0 Å². The summed E-state index contributed by atoms with van der Waals surface area (Å²) >= 11 is 0. The minimum absolute atomic E-state index is 0.000378. The van der Waals surface area contributed by atoms with Crippen LogP contribution in [0.15, 0.2) is 24.3 Å². The first-order valence-electron chi connectivity index (χ1n) is 4.95. The summed E-state index contributed by atoms with van der Waals surface area (Å²) in [6.45, 7) is 0.262. The van der Waals surface area contributed by atoms with Gasteiger partial charge in [0.1, 0.15) is 12.4 Å². The Morgan fingerprint density at radius 3 is 2.80 bits per heavy atom. The van der Waals surface area contributed by atoms with Crippen molar-refractivity contribution in [3.05, 3.63) is 29.8 Å². The molecule has 0 spiro atoms. The van der Waals surface area contributed by atoms with Gasteiger partial charge < -0.3 is 20.7 Å². The van der Waals surface area contributed by atoms with Crippen molar-refractivity contribution in [1.29, 1.82) is 0 Å². The lowest BCUT2D eigenvalue weighted by molar-refractivity contribution is 0.201. The molecule has 0 bridgehead atoms. The van der Waals surface area contributed by atoms with Crippen LogP contribution < -0.4 is 10.5 Å². The fraction of sp³-hybridized carbons (Fsp3) is 0.455. The van der Waals surface area contributed by atoms with Crippen LogP contribution in [0.3, 0.4) is 0 Å². The van der Waals surface area contributed by atoms with E-state index in [1.165, 1.54) is 0 Å². The van der Waals surface area contributed by atoms with Crippen LogP contribution in [0.25, 0.3) is 0 Å². The van der Waals surface area contributed by atoms with E-state index in [9.17, 15) is 0 Å². The van der Waals surface area contributed by atoms with Crippen LogP contribution in [0, 0.1) is 0 Å². The molecule has 84 valence electrons. The average Bonchev–Trinajstić information content (AvgIpc) is 2.26. The predicted octanol–water partition coefficient (Wildman–Crippen LogP) is -0.0802. The van der Waals surface area contributed by atoms with Gasteiger partial charge in [-0.2, -0.15) is 0 Å². The fourth-order valence-corrected chi connectivity index (χ4v) is 1.29. The molecule has 1 aromatic rings. The number of aliphatic hydroxyl groups excluding tert-OH is 2. The van der Waals surface area contributed by atoms with Crippen molar-refractivity contribution in [3.8, 4) is 5.75 Å². The molecule has 1 unspecified atom stereocenters. The number of ether oxygens (including phenoxy) is 1. The lowest BCUT2D eigenvalue weighted by Crippen LogP contribution is -2.26. The Kier molecular flexibility index (Phi) is 5.10. The van der Waals surface area contributed by atoms with E-state index in [2.05, 4.69) is 0 Å². The second-order valence-electron chi connectivity index (χ2n) is 3.37. The zero-order chi connectivity index (χ0) is 11.1. The Hall–Kier alpha value is -1.10. The standard InChI is InChI=1S/C11H17NO3/c12-10(8-14)6-9-2-1-3-11(7-9)15-5-4-13/h1-3,7,10,13-14H,4-6,8,12H2. The number of hydrogen-bond donors (Lipinski definition) is 3. The van der Waals surface area contributed by atoms with E-state index < -0.39 is 0 Å². The molecule has 4 heteroatoms. The maximum Gasteiger partial charge on any atom is 0.119 e. The van der Waals surface area contributed by atoms with Crippen LogP contribution in [0.2, 0.25) is 0 Å². The third-order valence-corrected chi connectivity index (χ3v) is 1.99. The van der Waals surface area contributed by atoms with Crippen LogP contribution in [0.4, 0.5) is 0 Å². The van der Waals surface area contributed by atoms with Crippen LogP contribution in [0.5, 0.6) is 5.75 Å². The Balaban J connectivity index is 2.57. The van der Waals surface area contributed by atoms with Crippen LogP contribution >= 0.6 is 0 Å². The second kappa shape index (κ2) is 6.40. The minimum Gasteiger partial charge on any atom is -0.491 e. The van der Waals surface area contributed by atoms with Crippen molar-refractivity contribution in [2.24, 2.45) is 5.73 Å². The van der Waals surface area contributed by atoms with E-state index >= 15 is 0 Å². The summed E-state index contributed by atoms with van der Waals surface area (Å²) in [5, 5.41) is 17.4. The average molecular weight is 211 g/mol. The summed E-state index contributed by atoms with van der Waals surface area (Å²) in [7, 11) is 0. The molecule has 1 atom stereocenters. The topological polar surface area (TPSA) is 75.7 Å². The second-order valence-corrected chi connectivity index (χ2v) is 3.37. The molecule has 15 heavy (non-hydrogen) atoms. The number of benzene rings is 1. The lowest BCUT2D eigenvalue weighted by atomic mass is 10.1. The molecule has 0 aliphatic heterocycles. The van der Waals surface area contributed by atoms with Gasteiger partial charge in [0, 0.05) is 6.04 Å². The van der Waals surface area contributed by atoms with Crippen molar-refractivity contribution in [3.63, 3.8) is 0 Å². The van der Waals surface area contributed by atoms with Crippen molar-refractivity contribution in [2.75, 3.05) is 19.8 Å². The number of hydrogen-bond acceptors (Lipinski definition) is 4. The molecule has 0 amide bonds. The summed E-state index contributed by atoms with van der Waals surface area (Å²) in [6, 6.07) is 7.25. The molecular weight excluding hydrogens is 194 g/mol. The first-order chi connectivity index (χ1) is 7.26. The van der Waals surface area contributed by atoms with Gasteiger partial charge in [-0.3, -0.25) is 0 Å². The molecule has 4 nitrogen and oxygen atoms in total. The summed E-state index contributed by atoms with van der Waals surface area (Å²) in [5.74, 6) is 0.715. The van der Waals surface area contributed by atoms with Gasteiger partial charge in [-0.15, -0.1) is 0 Å². The number of rotatable bonds is 6. The molecular formula is C11H17NO3. The van der Waals surface area contributed by atoms with E-state index in [4.69, 9.17) is 20.7 Å². The first-order valence-corrected chi connectivity index (χ1v) is 4.95. The molecule has 0 aliphatic rings. The Morgan fingerprint density at radius 2 is 2.13 bits per heavy atom. The Labute approximate surface area is 89.3 Å². The highest BCUT2D eigenvalue weighted by Crippen LogP contribution is 2.14. The highest BCUT2D eigenvalue weighted by Gasteiger charge is 2.03. The lowest BCUT2D eigenvalue weighted by Gasteiger charge is -2.10. The molecule has 0 saturated carbocycles. The maximum atomic E-state index is 8.82. The number of nitrogens with two attached hydrogens (primary N) is 1. The van der Waals surface area contributed by atoms with Gasteiger partial charge in [0.05, 0.1) is 13.2 Å². The van der Waals surface area contributed by atoms with E-state index in [-0.39, 0.29) is 25.9 Å². The minimum atomic E-state index is -0.238. The van der Waals surface area contributed by atoms with Crippen LogP contribution in [0.1, 0.15) is 5.56 Å². The fourth-order valence-electron chi connectivity index (χ4n) is 1.29. The molecule has 0 aromatic heterocycles. The Morgan fingerprint density at radius 1 is 1.33 bits per heavy atom. The third-order valence-electron chi connectivity index (χ3n) is 1.99. The van der Waals surface area contributed by atoms with E-state index in [0.29, 0.717) is 12.2 Å². The molecule has 4 N–H and O–H groups in total. The van der Waals surface area contributed by atoms with Crippen LogP contribution in [-0.2, 0) is 6.42 Å². The summed E-state index contributed by atoms with van der Waals surface area (Å²) in [4.78, 5) is 0. The van der Waals surface area contributed by atoms with Gasteiger partial charge in [-0.05, 0) is 24.1 Å². The number of aliphatic hydroxyl groups is 2. The SMILES string of the molecule is NC(CO)Cc1cccc(OCCO)c1. The molecule has 0 radical (unpaired) electrons. The van der Waals surface area contributed by atoms with Gasteiger partial charge in [-0.1, -0.05) is 12.1 Å². The van der Waals surface area contributed by atoms with E-state index in [1.807, 2.05) is 24.3 Å². The zero-order valence-corrected chi connectivity index (χ0v) is 8.60. The van der Waals surface area contributed by atoms with E-state index in [0.717, 1.165) is 5.56 Å². The third kappa shape index (κ3) is 4.29. The highest BCUT2D eigenvalue weighted by atomic mass is 16.5. The smallest absolute Gasteiger partial charge is 0.119 e. The van der Waals surface area contributed by atoms with Crippen molar-refractivity contribution in [2.45, 2.75) is 12.5 Å². The van der Waals surface area contributed by atoms with Crippen LogP contribution in [-0.4, -0.2) is 36.1 Å². The highest BCUT2D eigenvalue weighted by molar-refractivity contribution is 5.29. The summed E-state index contributed by atoms with van der Waals surface area (Å²) in [6.07, 6.45) is 0.618. The largest absolute Gasteiger partial charge is 0.491 e.